The second-order valence-corrected chi connectivity index (χ2v) is 8.15. The van der Waals surface area contributed by atoms with E-state index >= 15 is 0 Å². The molecule has 1 aromatic carbocycles. The standard InChI is InChI=1S/C20H22N4O3S/c1-13-4-6-15(7-5-13)24-12-14(11-17(24)25)19(27)23-9-2-3-16(23)18(26)22-20-21-8-10-28-20/h4-8,10,14,16H,2-3,9,11-12H2,1H3,(H,21,22,26). The van der Waals surface area contributed by atoms with Crippen molar-refractivity contribution in [3.63, 3.8) is 0 Å². The van der Waals surface area contributed by atoms with E-state index in [1.165, 1.54) is 11.3 Å². The monoisotopic (exact) mass is 398 g/mol. The normalized spacial score (nSPS) is 22.0. The van der Waals surface area contributed by atoms with Crippen LogP contribution in [0.3, 0.4) is 0 Å². The van der Waals surface area contributed by atoms with E-state index in [0.29, 0.717) is 24.6 Å². The average Bonchev–Trinajstić information content (AvgIpc) is 3.42. The number of anilines is 2. The largest absolute Gasteiger partial charge is 0.330 e. The molecule has 3 amide bonds. The molecule has 4 rings (SSSR count). The molecule has 8 heteroatoms. The molecule has 2 aromatic rings. The van der Waals surface area contributed by atoms with Crippen LogP contribution in [0.4, 0.5) is 10.8 Å². The van der Waals surface area contributed by atoms with Crippen LogP contribution in [0.1, 0.15) is 24.8 Å². The third kappa shape index (κ3) is 3.64. The predicted octanol–water partition coefficient (Wildman–Crippen LogP) is 2.43. The van der Waals surface area contributed by atoms with Gasteiger partial charge in [0, 0.05) is 36.8 Å². The number of nitrogens with one attached hydrogen (secondary N) is 1. The molecule has 2 fully saturated rings. The SMILES string of the molecule is Cc1ccc(N2CC(C(=O)N3CCCC3C(=O)Nc3nccs3)CC2=O)cc1. The lowest BCUT2D eigenvalue weighted by atomic mass is 10.1. The van der Waals surface area contributed by atoms with Crippen molar-refractivity contribution in [1.82, 2.24) is 9.88 Å². The maximum atomic E-state index is 13.1. The van der Waals surface area contributed by atoms with Gasteiger partial charge in [0.1, 0.15) is 6.04 Å². The Labute approximate surface area is 167 Å². The molecule has 2 saturated heterocycles. The summed E-state index contributed by atoms with van der Waals surface area (Å²) in [5, 5.41) is 5.11. The number of likely N-dealkylation sites (tertiary alicyclic amines) is 1. The van der Waals surface area contributed by atoms with Gasteiger partial charge in [-0.25, -0.2) is 4.98 Å². The van der Waals surface area contributed by atoms with Crippen LogP contribution in [0.25, 0.3) is 0 Å². The third-order valence-electron chi connectivity index (χ3n) is 5.32. The van der Waals surface area contributed by atoms with Crippen LogP contribution in [0.15, 0.2) is 35.8 Å². The van der Waals surface area contributed by atoms with Gasteiger partial charge in [-0.3, -0.25) is 14.4 Å². The summed E-state index contributed by atoms with van der Waals surface area (Å²) in [5.41, 5.74) is 1.93. The number of benzene rings is 1. The number of aryl methyl sites for hydroxylation is 1. The Kier molecular flexibility index (Phi) is 5.13. The van der Waals surface area contributed by atoms with E-state index in [-0.39, 0.29) is 24.1 Å². The molecule has 0 saturated carbocycles. The van der Waals surface area contributed by atoms with Crippen LogP contribution < -0.4 is 10.2 Å². The van der Waals surface area contributed by atoms with Crippen molar-refractivity contribution >= 4 is 39.9 Å². The van der Waals surface area contributed by atoms with Gasteiger partial charge in [-0.2, -0.15) is 0 Å². The van der Waals surface area contributed by atoms with Gasteiger partial charge in [0.05, 0.1) is 5.92 Å². The molecule has 7 nitrogen and oxygen atoms in total. The zero-order valence-corrected chi connectivity index (χ0v) is 16.4. The molecular weight excluding hydrogens is 376 g/mol. The van der Waals surface area contributed by atoms with Crippen LogP contribution in [0.5, 0.6) is 0 Å². The Morgan fingerprint density at radius 1 is 1.25 bits per heavy atom. The molecule has 0 aliphatic carbocycles. The molecule has 146 valence electrons. The highest BCUT2D eigenvalue weighted by Gasteiger charge is 2.42. The van der Waals surface area contributed by atoms with E-state index in [4.69, 9.17) is 0 Å². The van der Waals surface area contributed by atoms with Crippen molar-refractivity contribution in [3.05, 3.63) is 41.4 Å². The van der Waals surface area contributed by atoms with Crippen molar-refractivity contribution < 1.29 is 14.4 Å². The summed E-state index contributed by atoms with van der Waals surface area (Å²) in [5.74, 6) is -0.785. The van der Waals surface area contributed by atoms with E-state index in [1.807, 2.05) is 31.2 Å². The third-order valence-corrected chi connectivity index (χ3v) is 6.01. The lowest BCUT2D eigenvalue weighted by Crippen LogP contribution is -2.46. The molecular formula is C20H22N4O3S. The molecule has 0 spiro atoms. The molecule has 1 aromatic heterocycles. The number of carbonyl (C=O) groups is 3. The smallest absolute Gasteiger partial charge is 0.248 e. The molecule has 2 aliphatic rings. The molecule has 2 unspecified atom stereocenters. The number of aromatic nitrogens is 1. The summed E-state index contributed by atoms with van der Waals surface area (Å²) in [6.45, 7) is 2.90. The van der Waals surface area contributed by atoms with Crippen molar-refractivity contribution in [2.75, 3.05) is 23.3 Å². The zero-order chi connectivity index (χ0) is 19.7. The molecule has 3 heterocycles. The van der Waals surface area contributed by atoms with Crippen LogP contribution in [-0.2, 0) is 14.4 Å². The summed E-state index contributed by atoms with van der Waals surface area (Å²) in [4.78, 5) is 45.6. The summed E-state index contributed by atoms with van der Waals surface area (Å²) < 4.78 is 0. The zero-order valence-electron chi connectivity index (χ0n) is 15.6. The van der Waals surface area contributed by atoms with E-state index in [1.54, 1.807) is 21.4 Å². The summed E-state index contributed by atoms with van der Waals surface area (Å²) >= 11 is 1.35. The average molecular weight is 398 g/mol. The summed E-state index contributed by atoms with van der Waals surface area (Å²) in [7, 11) is 0. The van der Waals surface area contributed by atoms with E-state index in [0.717, 1.165) is 17.7 Å². The number of hydrogen-bond donors (Lipinski definition) is 1. The van der Waals surface area contributed by atoms with Crippen molar-refractivity contribution in [2.24, 2.45) is 5.92 Å². The number of hydrogen-bond acceptors (Lipinski definition) is 5. The van der Waals surface area contributed by atoms with Gasteiger partial charge in [-0.1, -0.05) is 17.7 Å². The fourth-order valence-electron chi connectivity index (χ4n) is 3.86. The van der Waals surface area contributed by atoms with Gasteiger partial charge in [-0.05, 0) is 31.9 Å². The first-order valence-corrected chi connectivity index (χ1v) is 10.3. The second kappa shape index (κ2) is 7.71. The first-order valence-electron chi connectivity index (χ1n) is 9.41. The van der Waals surface area contributed by atoms with Crippen LogP contribution in [0.2, 0.25) is 0 Å². The minimum atomic E-state index is -0.500. The Bertz CT molecular complexity index is 881. The maximum absolute atomic E-state index is 13.1. The maximum Gasteiger partial charge on any atom is 0.248 e. The number of amides is 3. The first-order chi connectivity index (χ1) is 13.5. The summed E-state index contributed by atoms with van der Waals surface area (Å²) in [6, 6.07) is 7.22. The molecule has 0 radical (unpaired) electrons. The molecule has 1 N–H and O–H groups in total. The van der Waals surface area contributed by atoms with E-state index in [2.05, 4.69) is 10.3 Å². The van der Waals surface area contributed by atoms with Gasteiger partial charge in [0.15, 0.2) is 5.13 Å². The Hall–Kier alpha value is -2.74. The van der Waals surface area contributed by atoms with Gasteiger partial charge < -0.3 is 15.1 Å². The van der Waals surface area contributed by atoms with Crippen LogP contribution in [0, 0.1) is 12.8 Å². The molecule has 2 atom stereocenters. The highest BCUT2D eigenvalue weighted by molar-refractivity contribution is 7.13. The van der Waals surface area contributed by atoms with Crippen LogP contribution >= 0.6 is 11.3 Å². The Morgan fingerprint density at radius 3 is 2.75 bits per heavy atom. The van der Waals surface area contributed by atoms with Gasteiger partial charge in [0.2, 0.25) is 17.7 Å². The molecule has 0 bridgehead atoms. The summed E-state index contributed by atoms with van der Waals surface area (Å²) in [6.07, 6.45) is 3.22. The molecule has 2 aliphatic heterocycles. The quantitative estimate of drug-likeness (QED) is 0.858. The topological polar surface area (TPSA) is 82.6 Å². The van der Waals surface area contributed by atoms with Crippen LogP contribution in [-0.4, -0.2) is 46.7 Å². The predicted molar refractivity (Wildman–Crippen MR) is 107 cm³/mol. The van der Waals surface area contributed by atoms with Crippen molar-refractivity contribution in [3.8, 4) is 0 Å². The van der Waals surface area contributed by atoms with Gasteiger partial charge in [-0.15, -0.1) is 11.3 Å². The van der Waals surface area contributed by atoms with Gasteiger partial charge >= 0.3 is 0 Å². The number of thiazole rings is 1. The fourth-order valence-corrected chi connectivity index (χ4v) is 4.39. The number of rotatable bonds is 4. The van der Waals surface area contributed by atoms with E-state index in [9.17, 15) is 14.4 Å². The van der Waals surface area contributed by atoms with E-state index < -0.39 is 12.0 Å². The fraction of sp³-hybridized carbons (Fsp3) is 0.400. The highest BCUT2D eigenvalue weighted by Crippen LogP contribution is 2.29. The number of nitrogens with zero attached hydrogens (tertiary/aromatic N) is 3. The first kappa shape index (κ1) is 18.6. The van der Waals surface area contributed by atoms with Crippen molar-refractivity contribution in [1.29, 1.82) is 0 Å². The highest BCUT2D eigenvalue weighted by atomic mass is 32.1. The minimum absolute atomic E-state index is 0.0508. The van der Waals surface area contributed by atoms with Crippen molar-refractivity contribution in [2.45, 2.75) is 32.2 Å². The lowest BCUT2D eigenvalue weighted by molar-refractivity contribution is -0.140. The number of carbonyl (C=O) groups excluding carboxylic acids is 3. The minimum Gasteiger partial charge on any atom is -0.330 e. The lowest BCUT2D eigenvalue weighted by Gasteiger charge is -2.26. The van der Waals surface area contributed by atoms with Gasteiger partial charge in [0.25, 0.3) is 0 Å². The molecule has 28 heavy (non-hydrogen) atoms. The second-order valence-electron chi connectivity index (χ2n) is 7.26. The Morgan fingerprint density at radius 2 is 2.04 bits per heavy atom. The Balaban J connectivity index is 1.44.